The van der Waals surface area contributed by atoms with Crippen molar-refractivity contribution in [1.29, 1.82) is 0 Å². The van der Waals surface area contributed by atoms with Crippen LogP contribution in [-0.2, 0) is 22.4 Å². The molecule has 0 aliphatic carbocycles. The number of aryl methyl sites for hydroxylation is 2. The first-order valence-electron chi connectivity index (χ1n) is 14.8. The van der Waals surface area contributed by atoms with Crippen molar-refractivity contribution in [3.8, 4) is 0 Å². The molecule has 0 aromatic heterocycles. The summed E-state index contributed by atoms with van der Waals surface area (Å²) in [4.78, 5) is 42.8. The van der Waals surface area contributed by atoms with Gasteiger partial charge in [-0.05, 0) is 78.6 Å². The highest BCUT2D eigenvalue weighted by atomic mass is 32.2. The monoisotopic (exact) mass is 627 g/mol. The fourth-order valence-electron chi connectivity index (χ4n) is 5.31. The van der Waals surface area contributed by atoms with Gasteiger partial charge in [0, 0.05) is 21.7 Å². The third kappa shape index (κ3) is 7.08. The van der Waals surface area contributed by atoms with Crippen molar-refractivity contribution >= 4 is 52.6 Å². The fourth-order valence-corrected chi connectivity index (χ4v) is 6.11. The highest BCUT2D eigenvalue weighted by Crippen LogP contribution is 2.37. The maximum Gasteiger partial charge on any atom is 0.272 e. The number of hydrogen-bond acceptors (Lipinski definition) is 4. The summed E-state index contributed by atoms with van der Waals surface area (Å²) < 4.78 is 14.5. The van der Waals surface area contributed by atoms with E-state index in [0.717, 1.165) is 40.2 Å². The van der Waals surface area contributed by atoms with Gasteiger partial charge in [-0.15, -0.1) is 11.8 Å². The van der Waals surface area contributed by atoms with Crippen LogP contribution >= 0.6 is 11.8 Å². The molecule has 0 bridgehead atoms. The molecule has 0 radical (unpaired) electrons. The number of carbonyl (C=O) groups is 3. The number of hydrogen-bond donors (Lipinski definition) is 2. The van der Waals surface area contributed by atoms with Crippen LogP contribution in [0.4, 0.5) is 21.5 Å². The van der Waals surface area contributed by atoms with Gasteiger partial charge in [-0.25, -0.2) is 4.39 Å². The van der Waals surface area contributed by atoms with E-state index in [2.05, 4.69) is 22.8 Å². The Morgan fingerprint density at radius 3 is 2.07 bits per heavy atom. The van der Waals surface area contributed by atoms with Gasteiger partial charge in [-0.1, -0.05) is 78.9 Å². The summed E-state index contributed by atoms with van der Waals surface area (Å²) in [6.45, 7) is 0. The molecule has 5 aromatic carbocycles. The maximum absolute atomic E-state index is 14.5. The fraction of sp³-hybridized carbons (Fsp3) is 0.0789. The van der Waals surface area contributed by atoms with Crippen LogP contribution in [0.5, 0.6) is 0 Å². The van der Waals surface area contributed by atoms with Crippen molar-refractivity contribution in [3.05, 3.63) is 161 Å². The molecule has 6 nitrogen and oxygen atoms in total. The minimum atomic E-state index is -0.622. The van der Waals surface area contributed by atoms with Crippen molar-refractivity contribution in [2.24, 2.45) is 0 Å². The van der Waals surface area contributed by atoms with Gasteiger partial charge in [0.15, 0.2) is 0 Å². The molecule has 0 fully saturated rings. The van der Waals surface area contributed by atoms with Crippen LogP contribution in [0.1, 0.15) is 27.0 Å². The van der Waals surface area contributed by atoms with Crippen molar-refractivity contribution in [2.75, 3.05) is 16.0 Å². The Kier molecular flexibility index (Phi) is 9.36. The maximum atomic E-state index is 14.5. The average molecular weight is 628 g/mol. The van der Waals surface area contributed by atoms with Crippen LogP contribution in [0, 0.1) is 5.82 Å². The number of benzene rings is 5. The number of rotatable bonds is 8. The van der Waals surface area contributed by atoms with Gasteiger partial charge in [0.1, 0.15) is 11.5 Å². The van der Waals surface area contributed by atoms with Gasteiger partial charge < -0.3 is 10.6 Å². The molecule has 0 saturated carbocycles. The third-order valence-electron chi connectivity index (χ3n) is 7.57. The molecular weight excluding hydrogens is 598 g/mol. The highest BCUT2D eigenvalue weighted by Gasteiger charge is 2.25. The van der Waals surface area contributed by atoms with E-state index < -0.39 is 17.6 Å². The normalized spacial score (nSPS) is 12.4. The summed E-state index contributed by atoms with van der Waals surface area (Å²) in [5.74, 6) is -1.54. The zero-order valence-electron chi connectivity index (χ0n) is 24.8. The molecule has 1 aliphatic heterocycles. The average Bonchev–Trinajstić information content (AvgIpc) is 3.25. The number of thioether (sulfide) groups is 1. The number of nitrogens with zero attached hydrogens (tertiary/aromatic N) is 1. The van der Waals surface area contributed by atoms with Gasteiger partial charge in [0.25, 0.3) is 11.8 Å². The van der Waals surface area contributed by atoms with E-state index in [4.69, 9.17) is 0 Å². The third-order valence-corrected chi connectivity index (χ3v) is 8.54. The van der Waals surface area contributed by atoms with Gasteiger partial charge in [-0.3, -0.25) is 19.3 Å². The van der Waals surface area contributed by atoms with Gasteiger partial charge in [-0.2, -0.15) is 0 Å². The predicted octanol–water partition coefficient (Wildman–Crippen LogP) is 7.79. The Morgan fingerprint density at radius 1 is 0.739 bits per heavy atom. The molecule has 0 atom stereocenters. The second-order valence-corrected chi connectivity index (χ2v) is 11.7. The van der Waals surface area contributed by atoms with Crippen molar-refractivity contribution in [2.45, 2.75) is 17.7 Å². The first kappa shape index (κ1) is 30.6. The minimum Gasteiger partial charge on any atom is -0.321 e. The van der Waals surface area contributed by atoms with Crippen molar-refractivity contribution < 1.29 is 18.8 Å². The van der Waals surface area contributed by atoms with Crippen LogP contribution in [0.25, 0.3) is 6.08 Å². The number of nitrogens with one attached hydrogen (secondary N) is 2. The molecule has 0 saturated heterocycles. The number of carbonyl (C=O) groups excluding carboxylic acids is 3. The summed E-state index contributed by atoms with van der Waals surface area (Å²) in [6, 6.07) is 37.6. The van der Waals surface area contributed by atoms with E-state index in [0.29, 0.717) is 11.3 Å². The molecule has 3 amide bonds. The quantitative estimate of drug-likeness (QED) is 0.136. The zero-order valence-corrected chi connectivity index (χ0v) is 25.6. The lowest BCUT2D eigenvalue weighted by molar-refractivity contribution is -0.115. The number of para-hydroxylation sites is 2. The second-order valence-electron chi connectivity index (χ2n) is 10.7. The Morgan fingerprint density at radius 2 is 1.37 bits per heavy atom. The summed E-state index contributed by atoms with van der Waals surface area (Å²) in [7, 11) is 0. The Bertz CT molecular complexity index is 1900. The van der Waals surface area contributed by atoms with E-state index >= 15 is 0 Å². The summed E-state index contributed by atoms with van der Waals surface area (Å²) in [6.07, 6.45) is 3.01. The first-order valence-corrected chi connectivity index (χ1v) is 15.8. The zero-order chi connectivity index (χ0) is 31.9. The molecule has 0 unspecified atom stereocenters. The smallest absolute Gasteiger partial charge is 0.272 e. The van der Waals surface area contributed by atoms with Gasteiger partial charge in [0.05, 0.1) is 17.1 Å². The number of halogens is 1. The summed E-state index contributed by atoms with van der Waals surface area (Å²) in [5, 5.41) is 5.44. The Labute approximate surface area is 271 Å². The first-order chi connectivity index (χ1) is 22.5. The topological polar surface area (TPSA) is 78.5 Å². The molecule has 8 heteroatoms. The van der Waals surface area contributed by atoms with Crippen LogP contribution in [0.2, 0.25) is 0 Å². The van der Waals surface area contributed by atoms with Crippen LogP contribution < -0.4 is 15.5 Å². The van der Waals surface area contributed by atoms with Crippen LogP contribution in [0.3, 0.4) is 0 Å². The van der Waals surface area contributed by atoms with Gasteiger partial charge in [0.2, 0.25) is 5.91 Å². The van der Waals surface area contributed by atoms with Gasteiger partial charge >= 0.3 is 0 Å². The molecule has 0 spiro atoms. The highest BCUT2D eigenvalue weighted by molar-refractivity contribution is 8.00. The minimum absolute atomic E-state index is 0.0556. The Hall–Kier alpha value is -5.47. The number of fused-ring (bicyclic) bond motifs is 2. The standard InChI is InChI=1S/C38H30FN3O3S/c39-32-18-7-4-15-29(32)23-33(41-37(44)28-13-2-1-3-14-28)38(45)40-30-16-10-17-31(24-30)46-25-36(43)42-34-19-8-5-11-26(34)21-22-27-12-6-9-20-35(27)42/h1-20,23-24H,21-22,25H2,(H,40,45)(H,41,44)/b33-23-. The van der Waals surface area contributed by atoms with E-state index in [-0.39, 0.29) is 22.9 Å². The molecule has 2 N–H and O–H groups in total. The second kappa shape index (κ2) is 14.1. The van der Waals surface area contributed by atoms with E-state index in [1.807, 2.05) is 47.4 Å². The molecule has 228 valence electrons. The molecule has 1 heterocycles. The summed E-state index contributed by atoms with van der Waals surface area (Å²) >= 11 is 1.36. The summed E-state index contributed by atoms with van der Waals surface area (Å²) in [5.41, 5.74) is 4.89. The van der Waals surface area contributed by atoms with E-state index in [1.54, 1.807) is 60.7 Å². The van der Waals surface area contributed by atoms with E-state index in [9.17, 15) is 18.8 Å². The molecule has 1 aliphatic rings. The lowest BCUT2D eigenvalue weighted by Crippen LogP contribution is -2.30. The van der Waals surface area contributed by atoms with Crippen LogP contribution in [0.15, 0.2) is 138 Å². The predicted molar refractivity (Wildman–Crippen MR) is 182 cm³/mol. The van der Waals surface area contributed by atoms with Crippen LogP contribution in [-0.4, -0.2) is 23.5 Å². The van der Waals surface area contributed by atoms with Crippen molar-refractivity contribution in [1.82, 2.24) is 5.32 Å². The lowest BCUT2D eigenvalue weighted by atomic mass is 10.0. The molecule has 6 rings (SSSR count). The lowest BCUT2D eigenvalue weighted by Gasteiger charge is -2.25. The number of anilines is 3. The SMILES string of the molecule is O=C(Nc1cccc(SCC(=O)N2c3ccccc3CCc3ccccc32)c1)/C(=C/c1ccccc1F)NC(=O)c1ccccc1. The molecule has 5 aromatic rings. The Balaban J connectivity index is 1.19. The molecule has 46 heavy (non-hydrogen) atoms. The number of amides is 3. The van der Waals surface area contributed by atoms with Crippen molar-refractivity contribution in [3.63, 3.8) is 0 Å². The van der Waals surface area contributed by atoms with E-state index in [1.165, 1.54) is 30.0 Å². The molecular formula is C38H30FN3O3S. The largest absolute Gasteiger partial charge is 0.321 e.